The van der Waals surface area contributed by atoms with Crippen molar-refractivity contribution in [1.29, 1.82) is 0 Å². The van der Waals surface area contributed by atoms with E-state index >= 15 is 0 Å². The number of anilines is 1. The minimum absolute atomic E-state index is 0.188. The number of nitrogens with zero attached hydrogens (tertiary/aromatic N) is 3. The predicted octanol–water partition coefficient (Wildman–Crippen LogP) is 0.702. The van der Waals surface area contributed by atoms with E-state index in [0.29, 0.717) is 16.9 Å². The number of nitrogens with one attached hydrogen (secondary N) is 1. The maximum Gasteiger partial charge on any atom is 0.256 e. The second-order valence-corrected chi connectivity index (χ2v) is 4.02. The molecule has 0 aliphatic heterocycles. The average molecular weight is 261 g/mol. The Morgan fingerprint density at radius 3 is 2.72 bits per heavy atom. The van der Waals surface area contributed by atoms with Crippen molar-refractivity contribution in [3.63, 3.8) is 0 Å². The molecule has 6 nitrogen and oxygen atoms in total. The molecule has 2 heterocycles. The molecule has 2 rings (SSSR count). The van der Waals surface area contributed by atoms with Crippen LogP contribution in [0.3, 0.4) is 0 Å². The van der Waals surface area contributed by atoms with Gasteiger partial charge < -0.3 is 11.1 Å². The number of carbonyl (C=O) groups is 1. The van der Waals surface area contributed by atoms with Crippen LogP contribution in [0.5, 0.6) is 0 Å². The van der Waals surface area contributed by atoms with E-state index in [0.717, 1.165) is 0 Å². The molecule has 7 heteroatoms. The molecule has 0 spiro atoms. The lowest BCUT2D eigenvalue weighted by molar-refractivity contribution is 0.102. The molecular weight excluding hydrogens is 250 g/mol. The Balaban J connectivity index is 2.27. The number of aryl methyl sites for hydroxylation is 1. The predicted molar refractivity (Wildman–Crippen MR) is 71.3 cm³/mol. The highest BCUT2D eigenvalue weighted by molar-refractivity contribution is 7.80. The minimum Gasteiger partial charge on any atom is -0.389 e. The highest BCUT2D eigenvalue weighted by Crippen LogP contribution is 2.14. The summed E-state index contributed by atoms with van der Waals surface area (Å²) in [5.74, 6) is 0.211. The van der Waals surface area contributed by atoms with Gasteiger partial charge in [-0.05, 0) is 12.1 Å². The summed E-state index contributed by atoms with van der Waals surface area (Å²) in [5.41, 5.74) is 6.60. The van der Waals surface area contributed by atoms with E-state index < -0.39 is 0 Å². The largest absolute Gasteiger partial charge is 0.389 e. The maximum atomic E-state index is 12.0. The third-order valence-electron chi connectivity index (χ3n) is 2.38. The van der Waals surface area contributed by atoms with Crippen LogP contribution in [0.25, 0.3) is 0 Å². The van der Waals surface area contributed by atoms with Crippen LogP contribution in [0, 0.1) is 0 Å². The van der Waals surface area contributed by atoms with Gasteiger partial charge in [-0.25, -0.2) is 0 Å². The number of hydrogen-bond acceptors (Lipinski definition) is 4. The first-order chi connectivity index (χ1) is 8.59. The van der Waals surface area contributed by atoms with Crippen molar-refractivity contribution in [2.45, 2.75) is 0 Å². The molecule has 0 aliphatic rings. The van der Waals surface area contributed by atoms with E-state index in [1.165, 1.54) is 10.9 Å². The van der Waals surface area contributed by atoms with E-state index in [2.05, 4.69) is 15.4 Å². The Bertz CT molecular complexity index is 593. The monoisotopic (exact) mass is 261 g/mol. The fourth-order valence-electron chi connectivity index (χ4n) is 1.45. The normalized spacial score (nSPS) is 10.1. The molecule has 0 bridgehead atoms. The zero-order valence-electron chi connectivity index (χ0n) is 9.62. The Morgan fingerprint density at radius 2 is 2.11 bits per heavy atom. The van der Waals surface area contributed by atoms with Crippen LogP contribution in [0.15, 0.2) is 30.7 Å². The summed E-state index contributed by atoms with van der Waals surface area (Å²) in [6.45, 7) is 0. The zero-order valence-corrected chi connectivity index (χ0v) is 10.4. The summed E-state index contributed by atoms with van der Waals surface area (Å²) in [7, 11) is 1.70. The quantitative estimate of drug-likeness (QED) is 0.794. The first kappa shape index (κ1) is 12.2. The second kappa shape index (κ2) is 4.92. The SMILES string of the molecule is Cn1ncc(C(N)=S)c1NC(=O)c1ccncc1. The maximum absolute atomic E-state index is 12.0. The summed E-state index contributed by atoms with van der Waals surface area (Å²) in [4.78, 5) is 16.0. The Labute approximate surface area is 109 Å². The average Bonchev–Trinajstić information content (AvgIpc) is 2.72. The number of thiocarbonyl (C=S) groups is 1. The molecular formula is C11H11N5OS. The smallest absolute Gasteiger partial charge is 0.256 e. The number of aromatic nitrogens is 3. The molecule has 2 aromatic heterocycles. The third kappa shape index (κ3) is 2.35. The molecule has 0 aromatic carbocycles. The fraction of sp³-hybridized carbons (Fsp3) is 0.0909. The van der Waals surface area contributed by atoms with Crippen molar-refractivity contribution in [3.05, 3.63) is 41.9 Å². The standard InChI is InChI=1S/C11H11N5OS/c1-16-10(8(6-14-16)9(12)18)15-11(17)7-2-4-13-5-3-7/h2-6H,1H3,(H2,12,18)(H,15,17). The first-order valence-corrected chi connectivity index (χ1v) is 5.53. The van der Waals surface area contributed by atoms with Crippen molar-refractivity contribution in [3.8, 4) is 0 Å². The number of nitrogens with two attached hydrogens (primary N) is 1. The number of pyridine rings is 1. The summed E-state index contributed by atoms with van der Waals surface area (Å²) in [5, 5.41) is 6.73. The van der Waals surface area contributed by atoms with Gasteiger partial charge in [-0.3, -0.25) is 14.5 Å². The van der Waals surface area contributed by atoms with Gasteiger partial charge in [0.2, 0.25) is 0 Å². The number of hydrogen-bond donors (Lipinski definition) is 2. The summed E-state index contributed by atoms with van der Waals surface area (Å²) < 4.78 is 1.51. The van der Waals surface area contributed by atoms with Gasteiger partial charge in [-0.15, -0.1) is 0 Å². The first-order valence-electron chi connectivity index (χ1n) is 5.13. The molecule has 2 aromatic rings. The van der Waals surface area contributed by atoms with Crippen LogP contribution in [0.1, 0.15) is 15.9 Å². The molecule has 0 radical (unpaired) electrons. The Kier molecular flexibility index (Phi) is 3.33. The summed E-state index contributed by atoms with van der Waals surface area (Å²) in [6.07, 6.45) is 4.61. The van der Waals surface area contributed by atoms with Crippen molar-refractivity contribution in [2.75, 3.05) is 5.32 Å². The van der Waals surface area contributed by atoms with Gasteiger partial charge in [0.15, 0.2) is 0 Å². The zero-order chi connectivity index (χ0) is 13.1. The van der Waals surface area contributed by atoms with Gasteiger partial charge >= 0.3 is 0 Å². The second-order valence-electron chi connectivity index (χ2n) is 3.58. The van der Waals surface area contributed by atoms with Crippen LogP contribution in [-0.4, -0.2) is 25.7 Å². The van der Waals surface area contributed by atoms with Crippen molar-refractivity contribution in [1.82, 2.24) is 14.8 Å². The van der Waals surface area contributed by atoms with E-state index in [4.69, 9.17) is 18.0 Å². The lowest BCUT2D eigenvalue weighted by Crippen LogP contribution is -2.18. The van der Waals surface area contributed by atoms with Crippen molar-refractivity contribution >= 4 is 28.9 Å². The minimum atomic E-state index is -0.265. The number of amides is 1. The Morgan fingerprint density at radius 1 is 1.44 bits per heavy atom. The van der Waals surface area contributed by atoms with Crippen LogP contribution in [0.4, 0.5) is 5.82 Å². The van der Waals surface area contributed by atoms with Crippen molar-refractivity contribution < 1.29 is 4.79 Å². The van der Waals surface area contributed by atoms with E-state index in [-0.39, 0.29) is 10.9 Å². The molecule has 0 saturated carbocycles. The third-order valence-corrected chi connectivity index (χ3v) is 2.60. The van der Waals surface area contributed by atoms with Gasteiger partial charge in [-0.1, -0.05) is 12.2 Å². The molecule has 0 fully saturated rings. The van der Waals surface area contributed by atoms with Crippen molar-refractivity contribution in [2.24, 2.45) is 12.8 Å². The number of carbonyl (C=O) groups excluding carboxylic acids is 1. The Hall–Kier alpha value is -2.28. The molecule has 3 N–H and O–H groups in total. The van der Waals surface area contributed by atoms with E-state index in [1.807, 2.05) is 0 Å². The fourth-order valence-corrected chi connectivity index (χ4v) is 1.60. The summed E-state index contributed by atoms with van der Waals surface area (Å²) >= 11 is 4.90. The highest BCUT2D eigenvalue weighted by Gasteiger charge is 2.14. The van der Waals surface area contributed by atoms with Gasteiger partial charge in [-0.2, -0.15) is 5.10 Å². The molecule has 0 saturated heterocycles. The van der Waals surface area contributed by atoms with Crippen LogP contribution in [-0.2, 0) is 7.05 Å². The van der Waals surface area contributed by atoms with Crippen LogP contribution < -0.4 is 11.1 Å². The molecule has 0 atom stereocenters. The molecule has 92 valence electrons. The van der Waals surface area contributed by atoms with Gasteiger partial charge in [0.25, 0.3) is 5.91 Å². The number of rotatable bonds is 3. The van der Waals surface area contributed by atoms with E-state index in [9.17, 15) is 4.79 Å². The van der Waals surface area contributed by atoms with Gasteiger partial charge in [0.05, 0.1) is 11.8 Å². The lowest BCUT2D eigenvalue weighted by Gasteiger charge is -2.07. The summed E-state index contributed by atoms with van der Waals surface area (Å²) in [6, 6.07) is 3.23. The molecule has 0 unspecified atom stereocenters. The van der Waals surface area contributed by atoms with E-state index in [1.54, 1.807) is 31.6 Å². The van der Waals surface area contributed by atoms with Crippen LogP contribution in [0.2, 0.25) is 0 Å². The molecule has 1 amide bonds. The topological polar surface area (TPSA) is 85.8 Å². The lowest BCUT2D eigenvalue weighted by atomic mass is 10.2. The van der Waals surface area contributed by atoms with Gasteiger partial charge in [0.1, 0.15) is 10.8 Å². The molecule has 0 aliphatic carbocycles. The highest BCUT2D eigenvalue weighted by atomic mass is 32.1. The van der Waals surface area contributed by atoms with Crippen LogP contribution >= 0.6 is 12.2 Å². The van der Waals surface area contributed by atoms with Gasteiger partial charge in [0, 0.05) is 25.0 Å². The molecule has 18 heavy (non-hydrogen) atoms.